The Bertz CT molecular complexity index is 450. The maximum atomic E-state index is 11.7. The first-order valence-corrected chi connectivity index (χ1v) is 6.51. The van der Waals surface area contributed by atoms with Crippen molar-refractivity contribution < 1.29 is 19.1 Å². The average Bonchev–Trinajstić information content (AvgIpc) is 2.38. The molecule has 1 amide bonds. The topological polar surface area (TPSA) is 55.8 Å². The molecular formula is C13H16BrNO4. The largest absolute Gasteiger partial charge is 0.493 e. The van der Waals surface area contributed by atoms with Crippen molar-refractivity contribution in [2.75, 3.05) is 27.3 Å². The fourth-order valence-electron chi connectivity index (χ4n) is 1.35. The van der Waals surface area contributed by atoms with Crippen LogP contribution in [-0.2, 0) is 14.3 Å². The van der Waals surface area contributed by atoms with E-state index >= 15 is 0 Å². The van der Waals surface area contributed by atoms with Crippen molar-refractivity contribution in [2.45, 2.75) is 6.42 Å². The van der Waals surface area contributed by atoms with Crippen molar-refractivity contribution in [1.82, 2.24) is 4.90 Å². The van der Waals surface area contributed by atoms with Crippen molar-refractivity contribution in [3.05, 3.63) is 28.7 Å². The number of methoxy groups -OCH3 is 1. The van der Waals surface area contributed by atoms with Crippen LogP contribution in [0.2, 0.25) is 0 Å². The van der Waals surface area contributed by atoms with E-state index in [0.717, 1.165) is 4.47 Å². The number of rotatable bonds is 6. The second-order valence-electron chi connectivity index (χ2n) is 3.88. The van der Waals surface area contributed by atoms with Gasteiger partial charge in [-0.05, 0) is 18.2 Å². The van der Waals surface area contributed by atoms with Crippen molar-refractivity contribution in [3.63, 3.8) is 0 Å². The number of halogens is 1. The van der Waals surface area contributed by atoms with Crippen LogP contribution in [-0.4, -0.2) is 44.1 Å². The average molecular weight is 330 g/mol. The quantitative estimate of drug-likeness (QED) is 0.747. The highest BCUT2D eigenvalue weighted by Gasteiger charge is 2.12. The Kier molecular flexibility index (Phi) is 6.35. The number of ether oxygens (including phenoxy) is 2. The van der Waals surface area contributed by atoms with Gasteiger partial charge in [0.25, 0.3) is 0 Å². The van der Waals surface area contributed by atoms with Crippen molar-refractivity contribution >= 4 is 27.8 Å². The summed E-state index contributed by atoms with van der Waals surface area (Å²) < 4.78 is 10.8. The van der Waals surface area contributed by atoms with Gasteiger partial charge in [0.05, 0.1) is 20.1 Å². The molecule has 1 aromatic carbocycles. The molecule has 0 spiro atoms. The van der Waals surface area contributed by atoms with E-state index in [-0.39, 0.29) is 25.5 Å². The Balaban J connectivity index is 2.32. The fraction of sp³-hybridized carbons (Fsp3) is 0.385. The van der Waals surface area contributed by atoms with Gasteiger partial charge in [0.2, 0.25) is 5.91 Å². The lowest BCUT2D eigenvalue weighted by Gasteiger charge is -2.15. The van der Waals surface area contributed by atoms with Crippen molar-refractivity contribution in [3.8, 4) is 5.75 Å². The molecule has 1 aromatic rings. The van der Waals surface area contributed by atoms with Crippen LogP contribution in [0.4, 0.5) is 0 Å². The molecule has 0 aliphatic heterocycles. The van der Waals surface area contributed by atoms with Gasteiger partial charge in [-0.2, -0.15) is 0 Å². The van der Waals surface area contributed by atoms with Crippen LogP contribution in [0.5, 0.6) is 5.75 Å². The van der Waals surface area contributed by atoms with E-state index in [0.29, 0.717) is 5.75 Å². The van der Waals surface area contributed by atoms with Gasteiger partial charge in [0.15, 0.2) is 0 Å². The number of benzene rings is 1. The minimum absolute atomic E-state index is 0.0494. The Morgan fingerprint density at radius 1 is 1.37 bits per heavy atom. The van der Waals surface area contributed by atoms with E-state index in [4.69, 9.17) is 4.74 Å². The van der Waals surface area contributed by atoms with Gasteiger partial charge in [-0.25, -0.2) is 0 Å². The minimum atomic E-state index is -0.441. The van der Waals surface area contributed by atoms with Crippen LogP contribution in [0.15, 0.2) is 28.7 Å². The number of esters is 1. The third kappa shape index (κ3) is 5.74. The predicted molar refractivity (Wildman–Crippen MR) is 73.9 cm³/mol. The maximum absolute atomic E-state index is 11.7. The highest BCUT2D eigenvalue weighted by molar-refractivity contribution is 9.10. The zero-order chi connectivity index (χ0) is 14.3. The summed E-state index contributed by atoms with van der Waals surface area (Å²) in [6.07, 6.45) is 0.208. The van der Waals surface area contributed by atoms with Crippen LogP contribution >= 0.6 is 15.9 Å². The normalized spacial score (nSPS) is 9.84. The number of carbonyl (C=O) groups excluding carboxylic acids is 2. The molecule has 0 saturated carbocycles. The zero-order valence-electron chi connectivity index (χ0n) is 10.9. The second-order valence-corrected chi connectivity index (χ2v) is 4.80. The highest BCUT2D eigenvalue weighted by Crippen LogP contribution is 2.17. The first-order chi connectivity index (χ1) is 9.02. The molecule has 0 heterocycles. The number of hydrogen-bond donors (Lipinski definition) is 0. The molecule has 1 rings (SSSR count). The zero-order valence-corrected chi connectivity index (χ0v) is 12.5. The van der Waals surface area contributed by atoms with E-state index in [1.54, 1.807) is 7.05 Å². The molecule has 104 valence electrons. The molecule has 0 unspecified atom stereocenters. The fourth-order valence-corrected chi connectivity index (χ4v) is 1.73. The standard InChI is InChI=1S/C13H16BrNO4/c1-15(9-13(17)18-2)12(16)6-7-19-11-5-3-4-10(14)8-11/h3-5,8H,6-7,9H2,1-2H3. The molecular weight excluding hydrogens is 314 g/mol. The molecule has 0 N–H and O–H groups in total. The molecule has 0 radical (unpaired) electrons. The highest BCUT2D eigenvalue weighted by atomic mass is 79.9. The van der Waals surface area contributed by atoms with Gasteiger partial charge >= 0.3 is 5.97 Å². The van der Waals surface area contributed by atoms with Crippen LogP contribution in [0.25, 0.3) is 0 Å². The lowest BCUT2D eigenvalue weighted by molar-refractivity contribution is -0.146. The summed E-state index contributed by atoms with van der Waals surface area (Å²) in [5, 5.41) is 0. The molecule has 0 fully saturated rings. The van der Waals surface area contributed by atoms with E-state index in [1.807, 2.05) is 24.3 Å². The maximum Gasteiger partial charge on any atom is 0.325 e. The number of nitrogens with zero attached hydrogens (tertiary/aromatic N) is 1. The van der Waals surface area contributed by atoms with Gasteiger partial charge in [0, 0.05) is 11.5 Å². The van der Waals surface area contributed by atoms with Crippen LogP contribution < -0.4 is 4.74 Å². The molecule has 0 saturated heterocycles. The van der Waals surface area contributed by atoms with Crippen molar-refractivity contribution in [2.24, 2.45) is 0 Å². The number of carbonyl (C=O) groups is 2. The second kappa shape index (κ2) is 7.78. The third-order valence-electron chi connectivity index (χ3n) is 2.40. The molecule has 5 nitrogen and oxygen atoms in total. The SMILES string of the molecule is COC(=O)CN(C)C(=O)CCOc1cccc(Br)c1. The Morgan fingerprint density at radius 2 is 2.11 bits per heavy atom. The summed E-state index contributed by atoms with van der Waals surface area (Å²) in [6.45, 7) is 0.215. The van der Waals surface area contributed by atoms with Gasteiger partial charge in [0.1, 0.15) is 12.3 Å². The summed E-state index contributed by atoms with van der Waals surface area (Å²) >= 11 is 3.33. The Labute approximate surface area is 120 Å². The minimum Gasteiger partial charge on any atom is -0.493 e. The van der Waals surface area contributed by atoms with E-state index in [2.05, 4.69) is 20.7 Å². The Hall–Kier alpha value is -1.56. The van der Waals surface area contributed by atoms with E-state index < -0.39 is 5.97 Å². The summed E-state index contributed by atoms with van der Waals surface area (Å²) in [7, 11) is 2.84. The van der Waals surface area contributed by atoms with E-state index in [1.165, 1.54) is 12.0 Å². The molecule has 0 aliphatic rings. The van der Waals surface area contributed by atoms with Gasteiger partial charge < -0.3 is 14.4 Å². The first-order valence-electron chi connectivity index (χ1n) is 5.72. The predicted octanol–water partition coefficient (Wildman–Crippen LogP) is 1.85. The van der Waals surface area contributed by atoms with Crippen molar-refractivity contribution in [1.29, 1.82) is 0 Å². The van der Waals surface area contributed by atoms with Gasteiger partial charge in [-0.1, -0.05) is 22.0 Å². The molecule has 0 atom stereocenters. The summed E-state index contributed by atoms with van der Waals surface area (Å²) in [6, 6.07) is 7.38. The summed E-state index contributed by atoms with van der Waals surface area (Å²) in [5.41, 5.74) is 0. The number of likely N-dealkylation sites (N-methyl/N-ethyl adjacent to an activating group) is 1. The Morgan fingerprint density at radius 3 is 2.74 bits per heavy atom. The first kappa shape index (κ1) is 15.5. The monoisotopic (exact) mass is 329 g/mol. The molecule has 19 heavy (non-hydrogen) atoms. The molecule has 0 bridgehead atoms. The van der Waals surface area contributed by atoms with Crippen LogP contribution in [0, 0.1) is 0 Å². The van der Waals surface area contributed by atoms with Crippen LogP contribution in [0.3, 0.4) is 0 Å². The smallest absolute Gasteiger partial charge is 0.325 e. The molecule has 0 aromatic heterocycles. The number of hydrogen-bond acceptors (Lipinski definition) is 4. The summed E-state index contributed by atoms with van der Waals surface area (Å²) in [5.74, 6) is 0.0851. The lowest BCUT2D eigenvalue weighted by atomic mass is 10.3. The van der Waals surface area contributed by atoms with Gasteiger partial charge in [-0.15, -0.1) is 0 Å². The van der Waals surface area contributed by atoms with Crippen LogP contribution in [0.1, 0.15) is 6.42 Å². The van der Waals surface area contributed by atoms with E-state index in [9.17, 15) is 9.59 Å². The lowest BCUT2D eigenvalue weighted by Crippen LogP contribution is -2.33. The molecule has 6 heteroatoms. The van der Waals surface area contributed by atoms with Gasteiger partial charge in [-0.3, -0.25) is 9.59 Å². The number of amides is 1. The third-order valence-corrected chi connectivity index (χ3v) is 2.89. The molecule has 0 aliphatic carbocycles. The summed E-state index contributed by atoms with van der Waals surface area (Å²) in [4.78, 5) is 24.0.